The van der Waals surface area contributed by atoms with Gasteiger partial charge in [-0.3, -0.25) is 0 Å². The lowest BCUT2D eigenvalue weighted by Gasteiger charge is -2.12. The molecule has 0 aliphatic carbocycles. The smallest absolute Gasteiger partial charge is 0.322 e. The van der Waals surface area contributed by atoms with Gasteiger partial charge in [-0.15, -0.1) is 4.98 Å². The molecular formula is C10H16BrN3O2. The van der Waals surface area contributed by atoms with E-state index >= 15 is 0 Å². The zero-order valence-corrected chi connectivity index (χ0v) is 11.5. The van der Waals surface area contributed by atoms with E-state index in [1.165, 1.54) is 14.2 Å². The Morgan fingerprint density at radius 3 is 1.94 bits per heavy atom. The molecule has 0 amide bonds. The van der Waals surface area contributed by atoms with Crippen LogP contribution in [0.4, 0.5) is 0 Å². The molecule has 0 N–H and O–H groups in total. The largest absolute Gasteiger partial charge is 0.467 e. The zero-order chi connectivity index (χ0) is 12.1. The van der Waals surface area contributed by atoms with Crippen molar-refractivity contribution in [3.05, 3.63) is 5.82 Å². The fraction of sp³-hybridized carbons (Fsp3) is 0.700. The summed E-state index contributed by atoms with van der Waals surface area (Å²) in [5.74, 6) is 1.17. The summed E-state index contributed by atoms with van der Waals surface area (Å²) in [4.78, 5) is 12.6. The maximum Gasteiger partial charge on any atom is 0.322 e. The highest BCUT2D eigenvalue weighted by molar-refractivity contribution is 9.09. The molecule has 0 aliphatic heterocycles. The van der Waals surface area contributed by atoms with E-state index in [0.29, 0.717) is 23.0 Å². The van der Waals surface area contributed by atoms with Gasteiger partial charge in [-0.1, -0.05) is 29.8 Å². The Kier molecular flexibility index (Phi) is 4.92. The third-order valence-corrected chi connectivity index (χ3v) is 3.49. The van der Waals surface area contributed by atoms with Crippen molar-refractivity contribution in [3.63, 3.8) is 0 Å². The van der Waals surface area contributed by atoms with E-state index < -0.39 is 0 Å². The molecular weight excluding hydrogens is 274 g/mol. The number of methoxy groups -OCH3 is 2. The molecule has 90 valence electrons. The van der Waals surface area contributed by atoms with Crippen molar-refractivity contribution in [1.29, 1.82) is 0 Å². The molecule has 0 bridgehead atoms. The first-order chi connectivity index (χ1) is 7.56. The van der Waals surface area contributed by atoms with E-state index in [1.807, 2.05) is 0 Å². The van der Waals surface area contributed by atoms with Crippen LogP contribution in [0.2, 0.25) is 0 Å². The molecule has 0 aromatic carbocycles. The number of rotatable bonds is 5. The van der Waals surface area contributed by atoms with Crippen LogP contribution in [0.25, 0.3) is 0 Å². The average molecular weight is 290 g/mol. The fourth-order valence-corrected chi connectivity index (χ4v) is 1.35. The Bertz CT molecular complexity index is 325. The Morgan fingerprint density at radius 2 is 1.56 bits per heavy atom. The Labute approximate surface area is 104 Å². The molecule has 1 heterocycles. The maximum atomic E-state index is 4.98. The van der Waals surface area contributed by atoms with E-state index in [2.05, 4.69) is 44.7 Å². The van der Waals surface area contributed by atoms with E-state index in [9.17, 15) is 0 Å². The second kappa shape index (κ2) is 5.98. The summed E-state index contributed by atoms with van der Waals surface area (Å²) in [5.41, 5.74) is 0. The van der Waals surface area contributed by atoms with Crippen LogP contribution >= 0.6 is 15.9 Å². The summed E-state index contributed by atoms with van der Waals surface area (Å²) in [5, 5.41) is 0. The first kappa shape index (κ1) is 13.2. The van der Waals surface area contributed by atoms with Gasteiger partial charge in [-0.2, -0.15) is 9.97 Å². The minimum Gasteiger partial charge on any atom is -0.467 e. The first-order valence-corrected chi connectivity index (χ1v) is 5.95. The van der Waals surface area contributed by atoms with Crippen LogP contribution < -0.4 is 9.47 Å². The molecule has 0 radical (unpaired) electrons. The summed E-state index contributed by atoms with van der Waals surface area (Å²) >= 11 is 3.59. The van der Waals surface area contributed by atoms with Crippen LogP contribution in [0.5, 0.6) is 12.0 Å². The monoisotopic (exact) mass is 289 g/mol. The molecule has 1 atom stereocenters. The van der Waals surface area contributed by atoms with E-state index in [-0.39, 0.29) is 12.0 Å². The highest BCUT2D eigenvalue weighted by Crippen LogP contribution is 2.18. The van der Waals surface area contributed by atoms with Gasteiger partial charge in [0.25, 0.3) is 0 Å². The van der Waals surface area contributed by atoms with Gasteiger partial charge in [0.1, 0.15) is 5.82 Å². The van der Waals surface area contributed by atoms with Crippen molar-refractivity contribution in [2.75, 3.05) is 14.2 Å². The first-order valence-electron chi connectivity index (χ1n) is 5.03. The quantitative estimate of drug-likeness (QED) is 0.775. The molecule has 0 saturated heterocycles. The van der Waals surface area contributed by atoms with Crippen LogP contribution in [0.1, 0.15) is 19.7 Å². The normalized spacial score (nSPS) is 12.6. The van der Waals surface area contributed by atoms with E-state index in [0.717, 1.165) is 0 Å². The van der Waals surface area contributed by atoms with Gasteiger partial charge in [-0.05, 0) is 5.92 Å². The topological polar surface area (TPSA) is 57.1 Å². The van der Waals surface area contributed by atoms with Crippen molar-refractivity contribution in [2.24, 2.45) is 5.92 Å². The summed E-state index contributed by atoms with van der Waals surface area (Å²) in [6, 6.07) is 0.565. The van der Waals surface area contributed by atoms with Gasteiger partial charge in [0, 0.05) is 11.2 Å². The number of alkyl halides is 1. The fourth-order valence-electron chi connectivity index (χ4n) is 1.06. The van der Waals surface area contributed by atoms with Crippen molar-refractivity contribution < 1.29 is 9.47 Å². The summed E-state index contributed by atoms with van der Waals surface area (Å²) in [6.07, 6.45) is 0.715. The van der Waals surface area contributed by atoms with Gasteiger partial charge in [-0.25, -0.2) is 0 Å². The molecule has 1 aromatic heterocycles. The Balaban J connectivity index is 2.86. The third kappa shape index (κ3) is 3.59. The third-order valence-electron chi connectivity index (χ3n) is 2.11. The lowest BCUT2D eigenvalue weighted by Crippen LogP contribution is -2.14. The maximum absolute atomic E-state index is 4.98. The number of halogens is 1. The predicted octanol–water partition coefficient (Wildman–Crippen LogP) is 1.85. The Morgan fingerprint density at radius 1 is 1.06 bits per heavy atom. The molecule has 0 saturated carbocycles. The molecule has 0 spiro atoms. The highest BCUT2D eigenvalue weighted by Gasteiger charge is 2.14. The minimum absolute atomic E-state index is 0.283. The molecule has 0 aliphatic rings. The SMILES string of the molecule is COc1nc(CC(Br)C(C)C)nc(OC)n1. The summed E-state index contributed by atoms with van der Waals surface area (Å²) in [7, 11) is 3.04. The van der Waals surface area contributed by atoms with Crippen molar-refractivity contribution in [2.45, 2.75) is 25.1 Å². The minimum atomic E-state index is 0.283. The molecule has 1 unspecified atom stereocenters. The lowest BCUT2D eigenvalue weighted by atomic mass is 10.1. The molecule has 1 rings (SSSR count). The lowest BCUT2D eigenvalue weighted by molar-refractivity contribution is 0.335. The van der Waals surface area contributed by atoms with Gasteiger partial charge in [0.05, 0.1) is 14.2 Å². The number of aromatic nitrogens is 3. The van der Waals surface area contributed by atoms with Crippen LogP contribution in [0.15, 0.2) is 0 Å². The van der Waals surface area contributed by atoms with Gasteiger partial charge < -0.3 is 9.47 Å². The van der Waals surface area contributed by atoms with Crippen LogP contribution in [0.3, 0.4) is 0 Å². The second-order valence-corrected chi connectivity index (χ2v) is 4.87. The standard InChI is InChI=1S/C10H16BrN3O2/c1-6(2)7(11)5-8-12-9(15-3)14-10(13-8)16-4/h6-7H,5H2,1-4H3. The van der Waals surface area contributed by atoms with Gasteiger partial charge >= 0.3 is 12.0 Å². The van der Waals surface area contributed by atoms with Crippen LogP contribution in [0, 0.1) is 5.92 Å². The van der Waals surface area contributed by atoms with Crippen molar-refractivity contribution in [1.82, 2.24) is 15.0 Å². The van der Waals surface area contributed by atoms with E-state index in [1.54, 1.807) is 0 Å². The zero-order valence-electron chi connectivity index (χ0n) is 9.90. The average Bonchev–Trinajstić information content (AvgIpc) is 2.28. The second-order valence-electron chi connectivity index (χ2n) is 3.69. The Hall–Kier alpha value is -0.910. The number of hydrogen-bond acceptors (Lipinski definition) is 5. The summed E-state index contributed by atoms with van der Waals surface area (Å²) in [6.45, 7) is 4.27. The predicted molar refractivity (Wildman–Crippen MR) is 64.2 cm³/mol. The van der Waals surface area contributed by atoms with Crippen molar-refractivity contribution >= 4 is 15.9 Å². The highest BCUT2D eigenvalue weighted by atomic mass is 79.9. The number of nitrogens with zero attached hydrogens (tertiary/aromatic N) is 3. The van der Waals surface area contributed by atoms with Crippen LogP contribution in [-0.4, -0.2) is 34.0 Å². The van der Waals surface area contributed by atoms with E-state index in [4.69, 9.17) is 9.47 Å². The van der Waals surface area contributed by atoms with Crippen molar-refractivity contribution in [3.8, 4) is 12.0 Å². The molecule has 6 heteroatoms. The number of hydrogen-bond donors (Lipinski definition) is 0. The molecule has 5 nitrogen and oxygen atoms in total. The van der Waals surface area contributed by atoms with Gasteiger partial charge in [0.15, 0.2) is 0 Å². The molecule has 16 heavy (non-hydrogen) atoms. The molecule has 1 aromatic rings. The summed E-state index contributed by atoms with van der Waals surface area (Å²) < 4.78 is 9.96. The molecule has 0 fully saturated rings. The van der Waals surface area contributed by atoms with Gasteiger partial charge in [0.2, 0.25) is 0 Å². The number of ether oxygens (including phenoxy) is 2. The van der Waals surface area contributed by atoms with Crippen LogP contribution in [-0.2, 0) is 6.42 Å².